The first-order valence-corrected chi connectivity index (χ1v) is 5.44. The topological polar surface area (TPSA) is 33.1 Å². The maximum Gasteiger partial charge on any atom is 0.125 e. The SMILES string of the molecule is CCc1c(C)nc2c(c1O)CCCC2. The molecule has 2 rings (SSSR count). The fraction of sp³-hybridized carbons (Fsp3) is 0.583. The first-order valence-electron chi connectivity index (χ1n) is 5.44. The van der Waals surface area contributed by atoms with Crippen LogP contribution in [0.15, 0.2) is 0 Å². The fourth-order valence-corrected chi connectivity index (χ4v) is 2.31. The third kappa shape index (κ3) is 1.39. The Morgan fingerprint density at radius 2 is 2.00 bits per heavy atom. The number of rotatable bonds is 1. The van der Waals surface area contributed by atoms with Crippen LogP contribution in [-0.4, -0.2) is 10.1 Å². The lowest BCUT2D eigenvalue weighted by atomic mass is 9.92. The number of aromatic hydroxyl groups is 1. The molecule has 1 N–H and O–H groups in total. The molecule has 0 saturated heterocycles. The second-order valence-corrected chi connectivity index (χ2v) is 4.01. The summed E-state index contributed by atoms with van der Waals surface area (Å²) in [6.45, 7) is 4.06. The van der Waals surface area contributed by atoms with Gasteiger partial charge in [0, 0.05) is 22.5 Å². The zero-order valence-corrected chi connectivity index (χ0v) is 8.93. The summed E-state index contributed by atoms with van der Waals surface area (Å²) in [7, 11) is 0. The molecule has 14 heavy (non-hydrogen) atoms. The predicted molar refractivity (Wildman–Crippen MR) is 56.7 cm³/mol. The Labute approximate surface area is 85.0 Å². The van der Waals surface area contributed by atoms with Gasteiger partial charge in [0.2, 0.25) is 0 Å². The van der Waals surface area contributed by atoms with Gasteiger partial charge in [-0.15, -0.1) is 0 Å². The molecule has 1 heterocycles. The Morgan fingerprint density at radius 3 is 2.71 bits per heavy atom. The number of nitrogens with zero attached hydrogens (tertiary/aromatic N) is 1. The summed E-state index contributed by atoms with van der Waals surface area (Å²) in [4.78, 5) is 4.59. The van der Waals surface area contributed by atoms with E-state index >= 15 is 0 Å². The Morgan fingerprint density at radius 1 is 1.29 bits per heavy atom. The third-order valence-electron chi connectivity index (χ3n) is 3.10. The lowest BCUT2D eigenvalue weighted by Crippen LogP contribution is -2.09. The first kappa shape index (κ1) is 9.50. The molecular weight excluding hydrogens is 174 g/mol. The van der Waals surface area contributed by atoms with E-state index in [4.69, 9.17) is 0 Å². The molecule has 0 radical (unpaired) electrons. The van der Waals surface area contributed by atoms with Gasteiger partial charge in [0.25, 0.3) is 0 Å². The van der Waals surface area contributed by atoms with E-state index in [2.05, 4.69) is 11.9 Å². The number of aryl methyl sites for hydroxylation is 2. The summed E-state index contributed by atoms with van der Waals surface area (Å²) in [5.74, 6) is 0.523. The van der Waals surface area contributed by atoms with E-state index in [-0.39, 0.29) is 0 Å². The molecule has 0 amide bonds. The van der Waals surface area contributed by atoms with Crippen LogP contribution in [0, 0.1) is 6.92 Å². The van der Waals surface area contributed by atoms with Crippen LogP contribution >= 0.6 is 0 Å². The standard InChI is InChI=1S/C12H17NO/c1-3-9-8(2)13-11-7-5-4-6-10(11)12(9)14/h3-7H2,1-2H3,(H,13,14). The monoisotopic (exact) mass is 191 g/mol. The molecule has 1 aromatic rings. The van der Waals surface area contributed by atoms with Crippen LogP contribution in [0.25, 0.3) is 0 Å². The lowest BCUT2D eigenvalue weighted by Gasteiger charge is -2.19. The Hall–Kier alpha value is -1.05. The van der Waals surface area contributed by atoms with Crippen molar-refractivity contribution < 1.29 is 5.11 Å². The van der Waals surface area contributed by atoms with Gasteiger partial charge in [-0.1, -0.05) is 6.92 Å². The van der Waals surface area contributed by atoms with E-state index in [9.17, 15) is 5.11 Å². The van der Waals surface area contributed by atoms with Crippen LogP contribution in [0.3, 0.4) is 0 Å². The van der Waals surface area contributed by atoms with Crippen molar-refractivity contribution >= 4 is 0 Å². The number of hydrogen-bond acceptors (Lipinski definition) is 2. The van der Waals surface area contributed by atoms with Gasteiger partial charge >= 0.3 is 0 Å². The molecule has 0 bridgehead atoms. The van der Waals surface area contributed by atoms with Crippen LogP contribution in [0.5, 0.6) is 5.75 Å². The average molecular weight is 191 g/mol. The van der Waals surface area contributed by atoms with Gasteiger partial charge in [-0.05, 0) is 39.0 Å². The van der Waals surface area contributed by atoms with Crippen molar-refractivity contribution in [2.45, 2.75) is 46.0 Å². The molecule has 0 saturated carbocycles. The molecule has 1 aliphatic rings. The van der Waals surface area contributed by atoms with Gasteiger partial charge < -0.3 is 5.11 Å². The summed E-state index contributed by atoms with van der Waals surface area (Å²) < 4.78 is 0. The minimum Gasteiger partial charge on any atom is -0.507 e. The van der Waals surface area contributed by atoms with E-state index in [0.717, 1.165) is 41.8 Å². The van der Waals surface area contributed by atoms with Crippen molar-refractivity contribution in [1.29, 1.82) is 0 Å². The lowest BCUT2D eigenvalue weighted by molar-refractivity contribution is 0.451. The van der Waals surface area contributed by atoms with Gasteiger partial charge in [-0.25, -0.2) is 0 Å². The third-order valence-corrected chi connectivity index (χ3v) is 3.10. The minimum atomic E-state index is 0.523. The molecule has 0 fully saturated rings. The van der Waals surface area contributed by atoms with E-state index < -0.39 is 0 Å². The maximum atomic E-state index is 10.1. The molecular formula is C12H17NO. The van der Waals surface area contributed by atoms with Crippen molar-refractivity contribution in [3.05, 3.63) is 22.5 Å². The quantitative estimate of drug-likeness (QED) is 0.740. The highest BCUT2D eigenvalue weighted by Gasteiger charge is 2.18. The first-order chi connectivity index (χ1) is 6.74. The van der Waals surface area contributed by atoms with Crippen molar-refractivity contribution in [3.8, 4) is 5.75 Å². The Balaban J connectivity index is 2.57. The maximum absolute atomic E-state index is 10.1. The number of fused-ring (bicyclic) bond motifs is 1. The number of hydrogen-bond donors (Lipinski definition) is 1. The Kier molecular flexibility index (Phi) is 2.44. The van der Waals surface area contributed by atoms with Gasteiger partial charge in [0.15, 0.2) is 0 Å². The molecule has 76 valence electrons. The molecule has 1 aliphatic carbocycles. The molecule has 0 atom stereocenters. The van der Waals surface area contributed by atoms with Crippen LogP contribution in [-0.2, 0) is 19.3 Å². The summed E-state index contributed by atoms with van der Waals surface area (Å²) >= 11 is 0. The minimum absolute atomic E-state index is 0.523. The predicted octanol–water partition coefficient (Wildman–Crippen LogP) is 2.54. The van der Waals surface area contributed by atoms with Crippen LogP contribution in [0.2, 0.25) is 0 Å². The van der Waals surface area contributed by atoms with Gasteiger partial charge in [0.1, 0.15) is 5.75 Å². The molecule has 2 nitrogen and oxygen atoms in total. The summed E-state index contributed by atoms with van der Waals surface area (Å²) in [5.41, 5.74) is 4.28. The molecule has 0 unspecified atom stereocenters. The number of aromatic nitrogens is 1. The average Bonchev–Trinajstić information content (AvgIpc) is 2.18. The number of pyridine rings is 1. The Bertz CT molecular complexity index is 358. The van der Waals surface area contributed by atoms with Crippen LogP contribution < -0.4 is 0 Å². The smallest absolute Gasteiger partial charge is 0.125 e. The van der Waals surface area contributed by atoms with Gasteiger partial charge in [-0.3, -0.25) is 4.98 Å². The van der Waals surface area contributed by atoms with Crippen molar-refractivity contribution in [1.82, 2.24) is 4.98 Å². The van der Waals surface area contributed by atoms with E-state index in [1.54, 1.807) is 0 Å². The van der Waals surface area contributed by atoms with Crippen LogP contribution in [0.1, 0.15) is 42.3 Å². The van der Waals surface area contributed by atoms with E-state index in [1.165, 1.54) is 12.8 Å². The highest BCUT2D eigenvalue weighted by Crippen LogP contribution is 2.32. The highest BCUT2D eigenvalue weighted by atomic mass is 16.3. The summed E-state index contributed by atoms with van der Waals surface area (Å²) in [6, 6.07) is 0. The van der Waals surface area contributed by atoms with E-state index in [1.807, 2.05) is 6.92 Å². The highest BCUT2D eigenvalue weighted by molar-refractivity contribution is 5.45. The fourth-order valence-electron chi connectivity index (χ4n) is 2.31. The van der Waals surface area contributed by atoms with Crippen molar-refractivity contribution in [2.75, 3.05) is 0 Å². The van der Waals surface area contributed by atoms with Gasteiger partial charge in [-0.2, -0.15) is 0 Å². The van der Waals surface area contributed by atoms with E-state index in [0.29, 0.717) is 5.75 Å². The molecule has 0 aliphatic heterocycles. The van der Waals surface area contributed by atoms with Crippen LogP contribution in [0.4, 0.5) is 0 Å². The van der Waals surface area contributed by atoms with Crippen molar-refractivity contribution in [2.24, 2.45) is 0 Å². The molecule has 2 heteroatoms. The second kappa shape index (κ2) is 3.60. The van der Waals surface area contributed by atoms with Gasteiger partial charge in [0.05, 0.1) is 0 Å². The molecule has 0 aromatic carbocycles. The zero-order chi connectivity index (χ0) is 10.1. The zero-order valence-electron chi connectivity index (χ0n) is 8.93. The normalized spacial score (nSPS) is 15.3. The largest absolute Gasteiger partial charge is 0.507 e. The second-order valence-electron chi connectivity index (χ2n) is 4.01. The summed E-state index contributed by atoms with van der Waals surface area (Å²) in [6.07, 6.45) is 5.31. The molecule has 1 aromatic heterocycles. The van der Waals surface area contributed by atoms with Crippen molar-refractivity contribution in [3.63, 3.8) is 0 Å². The summed E-state index contributed by atoms with van der Waals surface area (Å²) in [5, 5.41) is 10.1. The molecule has 0 spiro atoms.